The summed E-state index contributed by atoms with van der Waals surface area (Å²) < 4.78 is 6.99. The number of H-pyrrole nitrogens is 1. The molecule has 3 aromatic heterocycles. The van der Waals surface area contributed by atoms with Gasteiger partial charge >= 0.3 is 5.97 Å². The fourth-order valence-electron chi connectivity index (χ4n) is 3.63. The van der Waals surface area contributed by atoms with Crippen molar-refractivity contribution in [1.82, 2.24) is 19.7 Å². The largest absolute Gasteiger partial charge is 0.455 e. The maximum absolute atomic E-state index is 12.4. The van der Waals surface area contributed by atoms with Crippen molar-refractivity contribution < 1.29 is 14.3 Å². The van der Waals surface area contributed by atoms with Gasteiger partial charge in [0.2, 0.25) is 0 Å². The summed E-state index contributed by atoms with van der Waals surface area (Å²) >= 11 is 0. The molecule has 0 spiro atoms. The number of amides is 1. The minimum atomic E-state index is -0.468. The minimum Gasteiger partial charge on any atom is -0.455 e. The Kier molecular flexibility index (Phi) is 5.53. The number of hydrogen-bond donors (Lipinski definition) is 2. The highest BCUT2D eigenvalue weighted by molar-refractivity contribution is 5.94. The van der Waals surface area contributed by atoms with Crippen molar-refractivity contribution in [3.63, 3.8) is 0 Å². The number of carbonyl (C=O) groups is 2. The van der Waals surface area contributed by atoms with E-state index in [2.05, 4.69) is 20.4 Å². The molecular formula is C23H23N5O3. The van der Waals surface area contributed by atoms with Crippen molar-refractivity contribution in [2.24, 2.45) is 0 Å². The van der Waals surface area contributed by atoms with Crippen LogP contribution in [0.1, 0.15) is 22.6 Å². The third kappa shape index (κ3) is 4.18. The average Bonchev–Trinajstić information content (AvgIpc) is 3.23. The van der Waals surface area contributed by atoms with Crippen LogP contribution in [-0.2, 0) is 20.7 Å². The van der Waals surface area contributed by atoms with Crippen LogP contribution >= 0.6 is 0 Å². The zero-order valence-electron chi connectivity index (χ0n) is 17.6. The molecule has 1 aromatic carbocycles. The van der Waals surface area contributed by atoms with Gasteiger partial charge in [0.25, 0.3) is 5.91 Å². The van der Waals surface area contributed by atoms with Crippen molar-refractivity contribution >= 4 is 28.5 Å². The summed E-state index contributed by atoms with van der Waals surface area (Å²) in [6.45, 7) is 5.23. The first-order valence-corrected chi connectivity index (χ1v) is 9.92. The van der Waals surface area contributed by atoms with Crippen molar-refractivity contribution in [3.05, 3.63) is 71.4 Å². The van der Waals surface area contributed by atoms with Crippen LogP contribution in [-0.4, -0.2) is 38.2 Å². The van der Waals surface area contributed by atoms with Gasteiger partial charge in [-0.15, -0.1) is 0 Å². The van der Waals surface area contributed by atoms with E-state index in [0.29, 0.717) is 11.4 Å². The Morgan fingerprint density at radius 2 is 1.90 bits per heavy atom. The van der Waals surface area contributed by atoms with E-state index in [0.717, 1.165) is 33.5 Å². The summed E-state index contributed by atoms with van der Waals surface area (Å²) in [5.41, 5.74) is 5.59. The van der Waals surface area contributed by atoms with Gasteiger partial charge < -0.3 is 15.0 Å². The van der Waals surface area contributed by atoms with Crippen LogP contribution in [0.25, 0.3) is 16.6 Å². The van der Waals surface area contributed by atoms with E-state index < -0.39 is 11.9 Å². The number of aromatic nitrogens is 4. The molecule has 0 aliphatic heterocycles. The first-order chi connectivity index (χ1) is 14.9. The van der Waals surface area contributed by atoms with E-state index in [1.165, 1.54) is 0 Å². The van der Waals surface area contributed by atoms with E-state index in [9.17, 15) is 9.59 Å². The van der Waals surface area contributed by atoms with Gasteiger partial charge in [0, 0.05) is 17.3 Å². The second kappa shape index (κ2) is 8.43. The normalized spacial score (nSPS) is 10.9. The molecule has 0 fully saturated rings. The lowest BCUT2D eigenvalue weighted by molar-refractivity contribution is -0.146. The SMILES string of the molecule is Cc1nn(-c2ccccc2)c(C)c1NC(=O)COC(=O)Cc1c(C)[nH]c2cnccc12. The smallest absolute Gasteiger partial charge is 0.310 e. The van der Waals surface area contributed by atoms with Crippen LogP contribution in [0.2, 0.25) is 0 Å². The maximum Gasteiger partial charge on any atom is 0.310 e. The molecule has 0 bridgehead atoms. The second-order valence-electron chi connectivity index (χ2n) is 7.33. The van der Waals surface area contributed by atoms with Gasteiger partial charge in [-0.25, -0.2) is 4.68 Å². The highest BCUT2D eigenvalue weighted by Crippen LogP contribution is 2.23. The van der Waals surface area contributed by atoms with Gasteiger partial charge in [0.1, 0.15) is 0 Å². The van der Waals surface area contributed by atoms with Gasteiger partial charge in [0.05, 0.1) is 40.9 Å². The maximum atomic E-state index is 12.4. The van der Waals surface area contributed by atoms with E-state index in [1.807, 2.05) is 57.2 Å². The number of pyridine rings is 1. The van der Waals surface area contributed by atoms with Crippen molar-refractivity contribution in [3.8, 4) is 5.69 Å². The molecule has 0 atom stereocenters. The molecule has 0 saturated carbocycles. The average molecular weight is 417 g/mol. The lowest BCUT2D eigenvalue weighted by Crippen LogP contribution is -2.22. The Morgan fingerprint density at radius 3 is 2.68 bits per heavy atom. The number of nitrogens with one attached hydrogen (secondary N) is 2. The Morgan fingerprint density at radius 1 is 1.13 bits per heavy atom. The molecule has 1 amide bonds. The zero-order chi connectivity index (χ0) is 22.0. The topological polar surface area (TPSA) is 102 Å². The van der Waals surface area contributed by atoms with Gasteiger partial charge in [-0.2, -0.15) is 5.10 Å². The molecule has 3 heterocycles. The standard InChI is InChI=1S/C23H23N5O3/c1-14-19(18-9-10-24-12-20(18)25-14)11-22(30)31-13-21(29)26-23-15(2)27-28(16(23)3)17-7-5-4-6-8-17/h4-10,12,25H,11,13H2,1-3H3,(H,26,29). The first kappa shape index (κ1) is 20.3. The number of hydrogen-bond acceptors (Lipinski definition) is 5. The fraction of sp³-hybridized carbons (Fsp3) is 0.217. The Hall–Kier alpha value is -3.94. The molecule has 31 heavy (non-hydrogen) atoms. The third-order valence-corrected chi connectivity index (χ3v) is 5.16. The molecule has 2 N–H and O–H groups in total. The number of ether oxygens (including phenoxy) is 1. The number of benzene rings is 1. The summed E-state index contributed by atoms with van der Waals surface area (Å²) in [6.07, 6.45) is 3.47. The summed E-state index contributed by atoms with van der Waals surface area (Å²) in [7, 11) is 0. The van der Waals surface area contributed by atoms with Gasteiger partial charge in [-0.05, 0) is 44.5 Å². The molecule has 0 unspecified atom stereocenters. The van der Waals surface area contributed by atoms with E-state index >= 15 is 0 Å². The Balaban J connectivity index is 1.39. The van der Waals surface area contributed by atoms with Crippen LogP contribution < -0.4 is 5.32 Å². The summed E-state index contributed by atoms with van der Waals surface area (Å²) in [5, 5.41) is 8.24. The van der Waals surface area contributed by atoms with Gasteiger partial charge in [-0.3, -0.25) is 14.6 Å². The van der Waals surface area contributed by atoms with Gasteiger partial charge in [-0.1, -0.05) is 18.2 Å². The van der Waals surface area contributed by atoms with Crippen LogP contribution in [0.5, 0.6) is 0 Å². The highest BCUT2D eigenvalue weighted by atomic mass is 16.5. The Labute approximate surface area is 179 Å². The molecule has 0 saturated heterocycles. The van der Waals surface area contributed by atoms with E-state index in [-0.39, 0.29) is 13.0 Å². The number of anilines is 1. The summed E-state index contributed by atoms with van der Waals surface area (Å²) in [6, 6.07) is 11.5. The van der Waals surface area contributed by atoms with Gasteiger partial charge in [0.15, 0.2) is 6.61 Å². The zero-order valence-corrected chi connectivity index (χ0v) is 17.6. The number of carbonyl (C=O) groups excluding carboxylic acids is 2. The minimum absolute atomic E-state index is 0.0765. The number of para-hydroxylation sites is 1. The number of aromatic amines is 1. The summed E-state index contributed by atoms with van der Waals surface area (Å²) in [5.74, 6) is -0.878. The first-order valence-electron chi connectivity index (χ1n) is 9.92. The van der Waals surface area contributed by atoms with Crippen molar-refractivity contribution in [2.75, 3.05) is 11.9 Å². The molecule has 8 nitrogen and oxygen atoms in total. The molecule has 4 rings (SSSR count). The molecule has 0 aliphatic rings. The fourth-order valence-corrected chi connectivity index (χ4v) is 3.63. The number of esters is 1. The molecule has 8 heteroatoms. The highest BCUT2D eigenvalue weighted by Gasteiger charge is 2.18. The lowest BCUT2D eigenvalue weighted by atomic mass is 10.1. The monoisotopic (exact) mass is 417 g/mol. The van der Waals surface area contributed by atoms with E-state index in [4.69, 9.17) is 4.74 Å². The predicted molar refractivity (Wildman–Crippen MR) is 117 cm³/mol. The molecule has 0 radical (unpaired) electrons. The predicted octanol–water partition coefficient (Wildman–Crippen LogP) is 3.40. The third-order valence-electron chi connectivity index (χ3n) is 5.16. The molecule has 158 valence electrons. The number of fused-ring (bicyclic) bond motifs is 1. The lowest BCUT2D eigenvalue weighted by Gasteiger charge is -2.08. The van der Waals surface area contributed by atoms with Crippen molar-refractivity contribution in [1.29, 1.82) is 0 Å². The van der Waals surface area contributed by atoms with Crippen LogP contribution in [0, 0.1) is 20.8 Å². The van der Waals surface area contributed by atoms with Crippen LogP contribution in [0.3, 0.4) is 0 Å². The van der Waals surface area contributed by atoms with E-state index in [1.54, 1.807) is 17.1 Å². The summed E-state index contributed by atoms with van der Waals surface area (Å²) in [4.78, 5) is 32.0. The molecule has 4 aromatic rings. The number of aryl methyl sites for hydroxylation is 2. The molecule has 0 aliphatic carbocycles. The van der Waals surface area contributed by atoms with Crippen LogP contribution in [0.4, 0.5) is 5.69 Å². The Bertz CT molecular complexity index is 1260. The number of rotatable bonds is 6. The number of nitrogens with zero attached hydrogens (tertiary/aromatic N) is 3. The second-order valence-corrected chi connectivity index (χ2v) is 7.33. The quantitative estimate of drug-likeness (QED) is 0.468. The van der Waals surface area contributed by atoms with Crippen LogP contribution in [0.15, 0.2) is 48.8 Å². The molecular weight excluding hydrogens is 394 g/mol. The van der Waals surface area contributed by atoms with Crippen molar-refractivity contribution in [2.45, 2.75) is 27.2 Å².